The molecule has 30 heavy (non-hydrogen) atoms. The number of nitrogens with one attached hydrogen (secondary N) is 1. The van der Waals surface area contributed by atoms with Gasteiger partial charge in [0.1, 0.15) is 17.4 Å². The number of hydrogen-bond acceptors (Lipinski definition) is 3. The summed E-state index contributed by atoms with van der Waals surface area (Å²) in [7, 11) is 0. The normalized spacial score (nSPS) is 11.1. The molecule has 0 bridgehead atoms. The van der Waals surface area contributed by atoms with Crippen molar-refractivity contribution in [3.8, 4) is 17.5 Å². The first kappa shape index (κ1) is 20.9. The fraction of sp³-hybridized carbons (Fsp3) is 0.200. The predicted octanol–water partition coefficient (Wildman–Crippen LogP) is 5.35. The lowest BCUT2D eigenvalue weighted by Crippen LogP contribution is -2.13. The lowest BCUT2D eigenvalue weighted by atomic mass is 10.1. The number of carbonyl (C=O) groups excluding carboxylic acids is 1. The molecule has 0 unspecified atom stereocenters. The van der Waals surface area contributed by atoms with Crippen LogP contribution in [0.4, 0.5) is 5.69 Å². The van der Waals surface area contributed by atoms with Gasteiger partial charge in [0.25, 0.3) is 5.91 Å². The molecule has 152 valence electrons. The third kappa shape index (κ3) is 4.61. The SMILES string of the molecule is CCOc1ccc(-n2c(C)cc(/C=C(/C#N)C(=O)Nc3ccc(C)cc3)c2C)cc1. The highest BCUT2D eigenvalue weighted by Crippen LogP contribution is 2.24. The molecule has 5 heteroatoms. The minimum Gasteiger partial charge on any atom is -0.494 e. The number of nitrogens with zero attached hydrogens (tertiary/aromatic N) is 2. The Bertz CT molecular complexity index is 1110. The highest BCUT2D eigenvalue weighted by molar-refractivity contribution is 6.09. The van der Waals surface area contributed by atoms with Crippen molar-refractivity contribution in [1.82, 2.24) is 4.57 Å². The average molecular weight is 399 g/mol. The van der Waals surface area contributed by atoms with Gasteiger partial charge in [-0.2, -0.15) is 5.26 Å². The molecule has 0 radical (unpaired) electrons. The van der Waals surface area contributed by atoms with Gasteiger partial charge in [-0.1, -0.05) is 17.7 Å². The second-order valence-electron chi connectivity index (χ2n) is 7.08. The van der Waals surface area contributed by atoms with E-state index in [2.05, 4.69) is 9.88 Å². The maximum absolute atomic E-state index is 12.6. The lowest BCUT2D eigenvalue weighted by molar-refractivity contribution is -0.112. The molecule has 1 N–H and O–H groups in total. The number of rotatable bonds is 6. The van der Waals surface area contributed by atoms with Gasteiger partial charge < -0.3 is 14.6 Å². The Morgan fingerprint density at radius 2 is 1.77 bits per heavy atom. The van der Waals surface area contributed by atoms with E-state index < -0.39 is 5.91 Å². The molecule has 0 aliphatic heterocycles. The van der Waals surface area contributed by atoms with E-state index in [0.29, 0.717) is 12.3 Å². The van der Waals surface area contributed by atoms with Crippen LogP contribution in [0.3, 0.4) is 0 Å². The van der Waals surface area contributed by atoms with Crippen molar-refractivity contribution >= 4 is 17.7 Å². The number of anilines is 1. The Morgan fingerprint density at radius 1 is 1.10 bits per heavy atom. The summed E-state index contributed by atoms with van der Waals surface area (Å²) in [4.78, 5) is 12.6. The Kier molecular flexibility index (Phi) is 6.38. The van der Waals surface area contributed by atoms with Crippen molar-refractivity contribution in [3.63, 3.8) is 0 Å². The average Bonchev–Trinajstić information content (AvgIpc) is 3.01. The summed E-state index contributed by atoms with van der Waals surface area (Å²) in [6, 6.07) is 19.3. The highest BCUT2D eigenvalue weighted by atomic mass is 16.5. The van der Waals surface area contributed by atoms with Crippen LogP contribution < -0.4 is 10.1 Å². The number of hydrogen-bond donors (Lipinski definition) is 1. The van der Waals surface area contributed by atoms with E-state index in [4.69, 9.17) is 4.74 Å². The Balaban J connectivity index is 1.88. The van der Waals surface area contributed by atoms with Crippen molar-refractivity contribution in [2.75, 3.05) is 11.9 Å². The van der Waals surface area contributed by atoms with E-state index in [-0.39, 0.29) is 5.57 Å². The fourth-order valence-electron chi connectivity index (χ4n) is 3.33. The van der Waals surface area contributed by atoms with E-state index in [1.165, 1.54) is 0 Å². The molecule has 0 fully saturated rings. The molecule has 2 aromatic carbocycles. The number of carbonyl (C=O) groups is 1. The minimum absolute atomic E-state index is 0.0579. The molecule has 0 aliphatic rings. The van der Waals surface area contributed by atoms with E-state index in [9.17, 15) is 10.1 Å². The number of amides is 1. The molecule has 1 heterocycles. The van der Waals surface area contributed by atoms with Crippen molar-refractivity contribution in [2.24, 2.45) is 0 Å². The van der Waals surface area contributed by atoms with Crippen LogP contribution in [0.1, 0.15) is 29.4 Å². The summed E-state index contributed by atoms with van der Waals surface area (Å²) in [6.45, 7) is 8.53. The van der Waals surface area contributed by atoms with Crippen LogP contribution in [0.15, 0.2) is 60.2 Å². The van der Waals surface area contributed by atoms with Crippen molar-refractivity contribution < 1.29 is 9.53 Å². The first-order valence-electron chi connectivity index (χ1n) is 9.85. The van der Waals surface area contributed by atoms with Gasteiger partial charge in [-0.25, -0.2) is 0 Å². The molecule has 3 aromatic rings. The van der Waals surface area contributed by atoms with Crippen LogP contribution in [0.2, 0.25) is 0 Å². The standard InChI is InChI=1S/C25H25N3O2/c1-5-30-24-12-10-23(11-13-24)28-18(3)14-20(19(28)4)15-21(16-26)25(29)27-22-8-6-17(2)7-9-22/h6-15H,5H2,1-4H3,(H,27,29)/b21-15-. The Hall–Kier alpha value is -3.78. The maximum Gasteiger partial charge on any atom is 0.266 e. The van der Waals surface area contributed by atoms with E-state index in [1.807, 2.05) is 88.4 Å². The van der Waals surface area contributed by atoms with Crippen LogP contribution in [0.5, 0.6) is 5.75 Å². The molecule has 3 rings (SSSR count). The van der Waals surface area contributed by atoms with Gasteiger partial charge in [0, 0.05) is 22.8 Å². The van der Waals surface area contributed by atoms with Crippen LogP contribution >= 0.6 is 0 Å². The van der Waals surface area contributed by atoms with Gasteiger partial charge in [0.15, 0.2) is 0 Å². The molecule has 0 saturated heterocycles. The zero-order valence-corrected chi connectivity index (χ0v) is 17.7. The van der Waals surface area contributed by atoms with Gasteiger partial charge in [0.05, 0.1) is 6.61 Å². The molecule has 0 spiro atoms. The van der Waals surface area contributed by atoms with Gasteiger partial charge >= 0.3 is 0 Å². The van der Waals surface area contributed by atoms with Crippen molar-refractivity contribution in [1.29, 1.82) is 5.26 Å². The zero-order valence-electron chi connectivity index (χ0n) is 17.7. The van der Waals surface area contributed by atoms with Gasteiger partial charge in [-0.05, 0) is 81.8 Å². The summed E-state index contributed by atoms with van der Waals surface area (Å²) >= 11 is 0. The fourth-order valence-corrected chi connectivity index (χ4v) is 3.33. The smallest absolute Gasteiger partial charge is 0.266 e. The highest BCUT2D eigenvalue weighted by Gasteiger charge is 2.14. The summed E-state index contributed by atoms with van der Waals surface area (Å²) in [5.74, 6) is 0.399. The Morgan fingerprint density at radius 3 is 2.37 bits per heavy atom. The van der Waals surface area contributed by atoms with Crippen molar-refractivity contribution in [3.05, 3.63) is 82.7 Å². The first-order valence-corrected chi connectivity index (χ1v) is 9.85. The quantitative estimate of drug-likeness (QED) is 0.449. The molecule has 1 aromatic heterocycles. The largest absolute Gasteiger partial charge is 0.494 e. The molecule has 0 saturated carbocycles. The summed E-state index contributed by atoms with van der Waals surface area (Å²) in [5, 5.41) is 12.3. The van der Waals surface area contributed by atoms with Gasteiger partial charge in [-0.15, -0.1) is 0 Å². The van der Waals surface area contributed by atoms with Crippen molar-refractivity contribution in [2.45, 2.75) is 27.7 Å². The molecule has 0 aliphatic carbocycles. The molecular weight excluding hydrogens is 374 g/mol. The van der Waals surface area contributed by atoms with Gasteiger partial charge in [-0.3, -0.25) is 4.79 Å². The zero-order chi connectivity index (χ0) is 21.7. The molecule has 1 amide bonds. The minimum atomic E-state index is -0.424. The van der Waals surface area contributed by atoms with Crippen LogP contribution in [0, 0.1) is 32.1 Å². The second kappa shape index (κ2) is 9.15. The Labute approximate surface area is 177 Å². The first-order chi connectivity index (χ1) is 14.4. The molecule has 0 atom stereocenters. The van der Waals surface area contributed by atoms with E-state index >= 15 is 0 Å². The summed E-state index contributed by atoms with van der Waals surface area (Å²) in [6.07, 6.45) is 1.64. The van der Waals surface area contributed by atoms with Crippen LogP contribution in [-0.2, 0) is 4.79 Å². The summed E-state index contributed by atoms with van der Waals surface area (Å²) < 4.78 is 7.60. The van der Waals surface area contributed by atoms with E-state index in [1.54, 1.807) is 6.08 Å². The van der Waals surface area contributed by atoms with Crippen LogP contribution in [0.25, 0.3) is 11.8 Å². The monoisotopic (exact) mass is 399 g/mol. The van der Waals surface area contributed by atoms with Crippen LogP contribution in [-0.4, -0.2) is 17.1 Å². The molecular formula is C25H25N3O2. The third-order valence-corrected chi connectivity index (χ3v) is 4.85. The summed E-state index contributed by atoms with van der Waals surface area (Å²) in [5.41, 5.74) is 5.61. The number of aromatic nitrogens is 1. The topological polar surface area (TPSA) is 67.0 Å². The third-order valence-electron chi connectivity index (χ3n) is 4.85. The number of aryl methyl sites for hydroxylation is 2. The number of ether oxygens (including phenoxy) is 1. The number of nitriles is 1. The second-order valence-corrected chi connectivity index (χ2v) is 7.08. The number of benzene rings is 2. The maximum atomic E-state index is 12.6. The molecule has 5 nitrogen and oxygen atoms in total. The van der Waals surface area contributed by atoms with Gasteiger partial charge in [0.2, 0.25) is 0 Å². The van der Waals surface area contributed by atoms with E-state index in [0.717, 1.165) is 34.0 Å². The lowest BCUT2D eigenvalue weighted by Gasteiger charge is -2.11. The predicted molar refractivity (Wildman–Crippen MR) is 120 cm³/mol.